The number of rotatable bonds is 4. The van der Waals surface area contributed by atoms with Gasteiger partial charge in [-0.15, -0.1) is 0 Å². The van der Waals surface area contributed by atoms with E-state index < -0.39 is 0 Å². The second kappa shape index (κ2) is 6.55. The van der Waals surface area contributed by atoms with Gasteiger partial charge in [0.1, 0.15) is 5.82 Å². The zero-order chi connectivity index (χ0) is 16.5. The Hall–Kier alpha value is -1.88. The van der Waals surface area contributed by atoms with Crippen LogP contribution >= 0.6 is 0 Å². The van der Waals surface area contributed by atoms with Gasteiger partial charge in [0, 0.05) is 50.2 Å². The Balaban J connectivity index is 1.45. The lowest BCUT2D eigenvalue weighted by atomic mass is 9.92. The van der Waals surface area contributed by atoms with Crippen LogP contribution in [0.15, 0.2) is 24.5 Å². The summed E-state index contributed by atoms with van der Waals surface area (Å²) < 4.78 is 2.04. The van der Waals surface area contributed by atoms with E-state index in [9.17, 15) is 0 Å². The molecule has 1 saturated heterocycles. The second-order valence-corrected chi connectivity index (χ2v) is 7.21. The Bertz CT molecular complexity index is 684. The lowest BCUT2D eigenvalue weighted by Crippen LogP contribution is -2.27. The molecule has 2 aromatic rings. The first kappa shape index (κ1) is 15.6. The SMILES string of the molecule is CN(Cc1ccc(N2CCCC2)nc1)C1CCCc2c1cnn2C. The Morgan fingerprint density at radius 3 is 2.75 bits per heavy atom. The van der Waals surface area contributed by atoms with Gasteiger partial charge >= 0.3 is 0 Å². The molecule has 2 aromatic heterocycles. The molecule has 1 atom stereocenters. The average Bonchev–Trinajstić information content (AvgIpc) is 3.26. The minimum absolute atomic E-state index is 0.473. The third-order valence-corrected chi connectivity index (χ3v) is 5.55. The summed E-state index contributed by atoms with van der Waals surface area (Å²) in [5, 5.41) is 4.47. The van der Waals surface area contributed by atoms with Gasteiger partial charge in [-0.1, -0.05) is 6.07 Å². The highest BCUT2D eigenvalue weighted by Crippen LogP contribution is 2.34. The Kier molecular flexibility index (Phi) is 4.27. The normalized spacial score (nSPS) is 20.6. The Labute approximate surface area is 144 Å². The van der Waals surface area contributed by atoms with Crippen LogP contribution in [0.2, 0.25) is 0 Å². The highest BCUT2D eigenvalue weighted by Gasteiger charge is 2.26. The molecule has 3 heterocycles. The fourth-order valence-corrected chi connectivity index (χ4v) is 4.18. The summed E-state index contributed by atoms with van der Waals surface area (Å²) in [6.07, 6.45) is 10.3. The summed E-state index contributed by atoms with van der Waals surface area (Å²) in [5.41, 5.74) is 4.10. The zero-order valence-electron chi connectivity index (χ0n) is 14.8. The summed E-state index contributed by atoms with van der Waals surface area (Å²) in [5.74, 6) is 1.13. The first-order valence-corrected chi connectivity index (χ1v) is 9.13. The molecule has 5 heteroatoms. The van der Waals surface area contributed by atoms with E-state index >= 15 is 0 Å². The Morgan fingerprint density at radius 2 is 2.00 bits per heavy atom. The zero-order valence-corrected chi connectivity index (χ0v) is 14.8. The molecule has 0 bridgehead atoms. The first-order valence-electron chi connectivity index (χ1n) is 9.13. The van der Waals surface area contributed by atoms with Crippen molar-refractivity contribution in [1.82, 2.24) is 19.7 Å². The van der Waals surface area contributed by atoms with Crippen molar-refractivity contribution in [2.75, 3.05) is 25.0 Å². The van der Waals surface area contributed by atoms with Crippen molar-refractivity contribution in [3.63, 3.8) is 0 Å². The van der Waals surface area contributed by atoms with Crippen LogP contribution in [-0.4, -0.2) is 39.8 Å². The molecule has 0 N–H and O–H groups in total. The average molecular weight is 325 g/mol. The third kappa shape index (κ3) is 2.93. The molecule has 24 heavy (non-hydrogen) atoms. The summed E-state index contributed by atoms with van der Waals surface area (Å²) >= 11 is 0. The van der Waals surface area contributed by atoms with Gasteiger partial charge in [0.2, 0.25) is 0 Å². The van der Waals surface area contributed by atoms with Crippen molar-refractivity contribution in [3.05, 3.63) is 41.3 Å². The standard InChI is InChI=1S/C19H27N5/c1-22(17-6-5-7-18-16(17)13-21-23(18)2)14-15-8-9-19(20-12-15)24-10-3-4-11-24/h8-9,12-13,17H,3-7,10-11,14H2,1-2H3. The molecule has 0 saturated carbocycles. The van der Waals surface area contributed by atoms with Crippen molar-refractivity contribution < 1.29 is 0 Å². The van der Waals surface area contributed by atoms with Gasteiger partial charge in [-0.3, -0.25) is 9.58 Å². The van der Waals surface area contributed by atoms with Crippen LogP contribution in [0.25, 0.3) is 0 Å². The molecule has 1 aliphatic carbocycles. The number of hydrogen-bond acceptors (Lipinski definition) is 4. The van der Waals surface area contributed by atoms with Crippen LogP contribution < -0.4 is 4.90 Å². The van der Waals surface area contributed by atoms with E-state index in [1.807, 2.05) is 4.68 Å². The van der Waals surface area contributed by atoms with Crippen LogP contribution in [0.5, 0.6) is 0 Å². The van der Waals surface area contributed by atoms with Crippen molar-refractivity contribution >= 4 is 5.82 Å². The fourth-order valence-electron chi connectivity index (χ4n) is 4.18. The predicted octanol–water partition coefficient (Wildman–Crippen LogP) is 2.92. The number of aryl methyl sites for hydroxylation is 1. The fraction of sp³-hybridized carbons (Fsp3) is 0.579. The highest BCUT2D eigenvalue weighted by molar-refractivity contribution is 5.40. The smallest absolute Gasteiger partial charge is 0.128 e. The van der Waals surface area contributed by atoms with Gasteiger partial charge in [0.25, 0.3) is 0 Å². The maximum absolute atomic E-state index is 4.69. The van der Waals surface area contributed by atoms with E-state index in [4.69, 9.17) is 4.98 Å². The topological polar surface area (TPSA) is 37.2 Å². The van der Waals surface area contributed by atoms with Crippen molar-refractivity contribution in [3.8, 4) is 0 Å². The van der Waals surface area contributed by atoms with Crippen molar-refractivity contribution in [2.24, 2.45) is 7.05 Å². The van der Waals surface area contributed by atoms with Gasteiger partial charge < -0.3 is 4.90 Å². The summed E-state index contributed by atoms with van der Waals surface area (Å²) in [7, 11) is 4.28. The molecule has 0 amide bonds. The van der Waals surface area contributed by atoms with Crippen LogP contribution in [0.4, 0.5) is 5.82 Å². The van der Waals surface area contributed by atoms with Crippen LogP contribution in [0.1, 0.15) is 48.5 Å². The minimum atomic E-state index is 0.473. The lowest BCUT2D eigenvalue weighted by molar-refractivity contribution is 0.212. The molecule has 1 aliphatic heterocycles. The molecule has 0 radical (unpaired) electrons. The maximum Gasteiger partial charge on any atom is 0.128 e. The highest BCUT2D eigenvalue weighted by atomic mass is 15.3. The van der Waals surface area contributed by atoms with E-state index in [-0.39, 0.29) is 0 Å². The molecule has 0 spiro atoms. The predicted molar refractivity (Wildman–Crippen MR) is 96.0 cm³/mol. The summed E-state index contributed by atoms with van der Waals surface area (Å²) in [4.78, 5) is 9.53. The number of nitrogens with zero attached hydrogens (tertiary/aromatic N) is 5. The van der Waals surface area contributed by atoms with Gasteiger partial charge in [-0.2, -0.15) is 5.10 Å². The van der Waals surface area contributed by atoms with E-state index in [1.165, 1.54) is 42.5 Å². The van der Waals surface area contributed by atoms with Crippen LogP contribution in [-0.2, 0) is 20.0 Å². The van der Waals surface area contributed by atoms with E-state index in [0.717, 1.165) is 31.9 Å². The number of fused-ring (bicyclic) bond motifs is 1. The molecule has 1 fully saturated rings. The number of pyridine rings is 1. The number of anilines is 1. The van der Waals surface area contributed by atoms with Crippen molar-refractivity contribution in [2.45, 2.75) is 44.7 Å². The molecular weight excluding hydrogens is 298 g/mol. The Morgan fingerprint density at radius 1 is 1.17 bits per heavy atom. The quantitative estimate of drug-likeness (QED) is 0.866. The number of hydrogen-bond donors (Lipinski definition) is 0. The van der Waals surface area contributed by atoms with E-state index in [1.54, 1.807) is 0 Å². The summed E-state index contributed by atoms with van der Waals surface area (Å²) in [6.45, 7) is 3.24. The van der Waals surface area contributed by atoms with Gasteiger partial charge in [0.15, 0.2) is 0 Å². The molecule has 0 aromatic carbocycles. The van der Waals surface area contributed by atoms with Crippen LogP contribution in [0, 0.1) is 0 Å². The minimum Gasteiger partial charge on any atom is -0.357 e. The maximum atomic E-state index is 4.69. The molecular formula is C19H27N5. The monoisotopic (exact) mass is 325 g/mol. The third-order valence-electron chi connectivity index (χ3n) is 5.55. The van der Waals surface area contributed by atoms with Gasteiger partial charge in [-0.25, -0.2) is 4.98 Å². The number of aromatic nitrogens is 3. The van der Waals surface area contributed by atoms with E-state index in [2.05, 4.69) is 53.5 Å². The van der Waals surface area contributed by atoms with Crippen LogP contribution in [0.3, 0.4) is 0 Å². The lowest BCUT2D eigenvalue weighted by Gasteiger charge is -2.31. The van der Waals surface area contributed by atoms with Gasteiger partial charge in [0.05, 0.1) is 6.20 Å². The summed E-state index contributed by atoms with van der Waals surface area (Å²) in [6, 6.07) is 4.90. The molecule has 2 aliphatic rings. The molecule has 1 unspecified atom stereocenters. The van der Waals surface area contributed by atoms with E-state index in [0.29, 0.717) is 6.04 Å². The molecule has 5 nitrogen and oxygen atoms in total. The van der Waals surface area contributed by atoms with Crippen molar-refractivity contribution in [1.29, 1.82) is 0 Å². The second-order valence-electron chi connectivity index (χ2n) is 7.21. The largest absolute Gasteiger partial charge is 0.357 e. The van der Waals surface area contributed by atoms with Gasteiger partial charge in [-0.05, 0) is 50.8 Å². The molecule has 4 rings (SSSR count). The first-order chi connectivity index (χ1) is 11.7. The molecule has 128 valence electrons.